The summed E-state index contributed by atoms with van der Waals surface area (Å²) < 4.78 is 49.4. The Bertz CT molecular complexity index is 159. The average Bonchev–Trinajstić information content (AvgIpc) is 2.10. The molecule has 86 valence electrons. The summed E-state index contributed by atoms with van der Waals surface area (Å²) in [4.78, 5) is 0. The summed E-state index contributed by atoms with van der Waals surface area (Å²) >= 11 is 0. The van der Waals surface area contributed by atoms with Crippen molar-refractivity contribution < 1.29 is 26.4 Å². The monoisotopic (exact) mass is 232 g/mol. The summed E-state index contributed by atoms with van der Waals surface area (Å²) in [6.07, 6.45) is -3.35. The van der Waals surface area contributed by atoms with Gasteiger partial charge >= 0.3 is 15.2 Å². The van der Waals surface area contributed by atoms with Crippen LogP contribution in [0.3, 0.4) is 0 Å². The molecule has 0 spiro atoms. The molecule has 0 N–H and O–H groups in total. The summed E-state index contributed by atoms with van der Waals surface area (Å²) in [6, 6.07) is 0.177. The highest BCUT2D eigenvalue weighted by Crippen LogP contribution is 2.27. The third-order valence-corrected chi connectivity index (χ3v) is 4.48. The molecule has 0 fully saturated rings. The Balaban J connectivity index is 4.36. The molecule has 7 heteroatoms. The third-order valence-electron chi connectivity index (χ3n) is 1.73. The summed E-state index contributed by atoms with van der Waals surface area (Å²) in [5.74, 6) is 0. The number of rotatable bonds is 6. The van der Waals surface area contributed by atoms with Crippen LogP contribution in [0.5, 0.6) is 0 Å². The van der Waals surface area contributed by atoms with Gasteiger partial charge in [0.1, 0.15) is 0 Å². The molecule has 0 heterocycles. The molecule has 0 unspecified atom stereocenters. The largest absolute Gasteiger partial charge is 0.516 e. The van der Waals surface area contributed by atoms with E-state index >= 15 is 0 Å². The van der Waals surface area contributed by atoms with Crippen molar-refractivity contribution in [3.63, 3.8) is 0 Å². The van der Waals surface area contributed by atoms with Crippen LogP contribution < -0.4 is 0 Å². The van der Waals surface area contributed by atoms with Crippen LogP contribution in [0.2, 0.25) is 6.04 Å². The van der Waals surface area contributed by atoms with Crippen molar-refractivity contribution in [3.8, 4) is 0 Å². The second-order valence-electron chi connectivity index (χ2n) is 2.74. The van der Waals surface area contributed by atoms with Gasteiger partial charge in [-0.3, -0.25) is 4.43 Å². The predicted octanol–water partition coefficient (Wildman–Crippen LogP) is 2.55. The lowest BCUT2D eigenvalue weighted by Gasteiger charge is -2.26. The standard InChI is InChI=1S/C7H15F3O3Si/c1-4-5-6-14(11-2,12-3)13-7(8,9)10/h4-6H2,1-3H3. The number of hydrogen-bond acceptors (Lipinski definition) is 3. The van der Waals surface area contributed by atoms with E-state index in [1.54, 1.807) is 0 Å². The molecule has 0 aliphatic heterocycles. The van der Waals surface area contributed by atoms with Gasteiger partial charge in [0.2, 0.25) is 0 Å². The zero-order valence-electron chi connectivity index (χ0n) is 8.48. The molecule has 0 rings (SSSR count). The molecule has 0 saturated carbocycles. The topological polar surface area (TPSA) is 27.7 Å². The fourth-order valence-electron chi connectivity index (χ4n) is 0.991. The van der Waals surface area contributed by atoms with Crippen molar-refractivity contribution in [2.24, 2.45) is 0 Å². The summed E-state index contributed by atoms with van der Waals surface area (Å²) in [6.45, 7) is 1.87. The molecule has 0 bridgehead atoms. The smallest absolute Gasteiger partial charge is 0.377 e. The van der Waals surface area contributed by atoms with Gasteiger partial charge < -0.3 is 8.85 Å². The minimum absolute atomic E-state index is 0.177. The predicted molar refractivity (Wildman–Crippen MR) is 46.6 cm³/mol. The number of hydrogen-bond donors (Lipinski definition) is 0. The number of halogens is 3. The minimum atomic E-state index is -4.70. The van der Waals surface area contributed by atoms with Gasteiger partial charge in [-0.1, -0.05) is 13.3 Å². The second-order valence-corrected chi connectivity index (χ2v) is 5.63. The highest BCUT2D eigenvalue weighted by Gasteiger charge is 2.48. The molecule has 0 aliphatic carbocycles. The molecule has 0 aromatic rings. The second kappa shape index (κ2) is 5.69. The Kier molecular flexibility index (Phi) is 5.65. The van der Waals surface area contributed by atoms with E-state index in [2.05, 4.69) is 4.43 Å². The van der Waals surface area contributed by atoms with Gasteiger partial charge in [-0.15, -0.1) is 13.2 Å². The Labute approximate surface area is 82.5 Å². The van der Waals surface area contributed by atoms with Crippen LogP contribution in [0.25, 0.3) is 0 Å². The molecule has 0 amide bonds. The fourth-order valence-corrected chi connectivity index (χ4v) is 2.97. The Morgan fingerprint density at radius 1 is 1.14 bits per heavy atom. The van der Waals surface area contributed by atoms with Crippen molar-refractivity contribution in [1.29, 1.82) is 0 Å². The molecule has 0 aliphatic rings. The van der Waals surface area contributed by atoms with E-state index in [1.807, 2.05) is 6.92 Å². The molecular formula is C7H15F3O3Si. The number of unbranched alkanes of at least 4 members (excludes halogenated alkanes) is 1. The van der Waals surface area contributed by atoms with E-state index < -0.39 is 15.2 Å². The highest BCUT2D eigenvalue weighted by atomic mass is 28.4. The van der Waals surface area contributed by atoms with Crippen LogP contribution >= 0.6 is 0 Å². The van der Waals surface area contributed by atoms with Gasteiger partial charge in [-0.05, 0) is 6.42 Å². The maximum absolute atomic E-state index is 12.0. The van der Waals surface area contributed by atoms with E-state index in [4.69, 9.17) is 8.85 Å². The van der Waals surface area contributed by atoms with Gasteiger partial charge in [0, 0.05) is 20.3 Å². The van der Waals surface area contributed by atoms with Gasteiger partial charge in [0.25, 0.3) is 0 Å². The summed E-state index contributed by atoms with van der Waals surface area (Å²) in [5, 5.41) is 0. The first kappa shape index (κ1) is 13.9. The Morgan fingerprint density at radius 3 is 1.93 bits per heavy atom. The number of alkyl halides is 3. The van der Waals surface area contributed by atoms with Crippen LogP contribution in [0, 0.1) is 0 Å². The molecule has 0 aromatic carbocycles. The van der Waals surface area contributed by atoms with Gasteiger partial charge in [0.15, 0.2) is 0 Å². The fraction of sp³-hybridized carbons (Fsp3) is 1.00. The van der Waals surface area contributed by atoms with E-state index in [0.29, 0.717) is 6.42 Å². The molecule has 0 atom stereocenters. The molecule has 0 saturated heterocycles. The van der Waals surface area contributed by atoms with Crippen molar-refractivity contribution in [2.75, 3.05) is 14.2 Å². The summed E-state index contributed by atoms with van der Waals surface area (Å²) in [5.41, 5.74) is 0. The van der Waals surface area contributed by atoms with Crippen LogP contribution in [0.4, 0.5) is 13.2 Å². The molecule has 3 nitrogen and oxygen atoms in total. The lowest BCUT2D eigenvalue weighted by atomic mass is 10.4. The first-order valence-corrected chi connectivity index (χ1v) is 6.19. The Hall–Kier alpha value is -0.113. The Morgan fingerprint density at radius 2 is 1.64 bits per heavy atom. The molecule has 0 aromatic heterocycles. The molecular weight excluding hydrogens is 217 g/mol. The lowest BCUT2D eigenvalue weighted by molar-refractivity contribution is -0.296. The van der Waals surface area contributed by atoms with E-state index in [0.717, 1.165) is 6.42 Å². The van der Waals surface area contributed by atoms with Crippen molar-refractivity contribution >= 4 is 8.80 Å². The van der Waals surface area contributed by atoms with Crippen LogP contribution in [-0.2, 0) is 13.3 Å². The van der Waals surface area contributed by atoms with Gasteiger partial charge in [-0.25, -0.2) is 0 Å². The minimum Gasteiger partial charge on any atom is -0.377 e. The van der Waals surface area contributed by atoms with Gasteiger partial charge in [0.05, 0.1) is 0 Å². The lowest BCUT2D eigenvalue weighted by Crippen LogP contribution is -2.47. The van der Waals surface area contributed by atoms with Crippen molar-refractivity contribution in [1.82, 2.24) is 0 Å². The average molecular weight is 232 g/mol. The zero-order chi connectivity index (χ0) is 11.2. The van der Waals surface area contributed by atoms with Crippen LogP contribution in [0.1, 0.15) is 19.8 Å². The van der Waals surface area contributed by atoms with Gasteiger partial charge in [-0.2, -0.15) is 0 Å². The normalized spacial score (nSPS) is 13.3. The quantitative estimate of drug-likeness (QED) is 0.659. The third kappa shape index (κ3) is 4.94. The van der Waals surface area contributed by atoms with E-state index in [1.165, 1.54) is 14.2 Å². The van der Waals surface area contributed by atoms with E-state index in [9.17, 15) is 13.2 Å². The molecule has 14 heavy (non-hydrogen) atoms. The highest BCUT2D eigenvalue weighted by molar-refractivity contribution is 6.60. The first-order chi connectivity index (χ1) is 6.39. The van der Waals surface area contributed by atoms with E-state index in [-0.39, 0.29) is 6.04 Å². The van der Waals surface area contributed by atoms with Crippen LogP contribution in [-0.4, -0.2) is 29.4 Å². The van der Waals surface area contributed by atoms with Crippen molar-refractivity contribution in [3.05, 3.63) is 0 Å². The maximum Gasteiger partial charge on any atom is 0.516 e. The first-order valence-electron chi connectivity index (χ1n) is 4.26. The SMILES string of the molecule is CCCC[Si](OC)(OC)OC(F)(F)F. The maximum atomic E-state index is 12.0. The van der Waals surface area contributed by atoms with Crippen molar-refractivity contribution in [2.45, 2.75) is 32.2 Å². The zero-order valence-corrected chi connectivity index (χ0v) is 9.48. The van der Waals surface area contributed by atoms with Crippen LogP contribution in [0.15, 0.2) is 0 Å². The summed E-state index contributed by atoms with van der Waals surface area (Å²) in [7, 11) is -1.17. The molecule has 0 radical (unpaired) electrons.